The van der Waals surface area contributed by atoms with Crippen LogP contribution < -0.4 is 0 Å². The molecule has 0 bridgehead atoms. The number of nitrogens with zero attached hydrogens (tertiary/aromatic N) is 5. The Morgan fingerprint density at radius 3 is 2.62 bits per heavy atom. The minimum atomic E-state index is -0.0154. The van der Waals surface area contributed by atoms with Gasteiger partial charge in [-0.15, -0.1) is 0 Å². The highest BCUT2D eigenvalue weighted by Gasteiger charge is 2.45. The standard InChI is InChI=1S/C19H23N5O2/c1-22-12-16(21-14-22)18(26)23-8-4-19(5-9-23)10-17(25)24(13-19)11-15-2-6-20-7-3-15/h2-3,6-7,12,14H,4-5,8-11,13H2,1H3. The van der Waals surface area contributed by atoms with Crippen LogP contribution in [0.15, 0.2) is 37.1 Å². The summed E-state index contributed by atoms with van der Waals surface area (Å²) in [5.74, 6) is 0.199. The van der Waals surface area contributed by atoms with Crippen LogP contribution in [-0.2, 0) is 18.4 Å². The molecule has 2 aromatic heterocycles. The lowest BCUT2D eigenvalue weighted by Crippen LogP contribution is -2.44. The van der Waals surface area contributed by atoms with Crippen LogP contribution in [0.5, 0.6) is 0 Å². The summed E-state index contributed by atoms with van der Waals surface area (Å²) >= 11 is 0. The van der Waals surface area contributed by atoms with Gasteiger partial charge in [0.1, 0.15) is 5.69 Å². The van der Waals surface area contributed by atoms with E-state index in [2.05, 4.69) is 9.97 Å². The topological polar surface area (TPSA) is 71.3 Å². The van der Waals surface area contributed by atoms with Gasteiger partial charge in [-0.3, -0.25) is 14.6 Å². The molecule has 136 valence electrons. The average Bonchev–Trinajstić information content (AvgIpc) is 3.20. The molecule has 0 unspecified atom stereocenters. The SMILES string of the molecule is Cn1cnc(C(=O)N2CCC3(CC2)CC(=O)N(Cc2ccncc2)C3)c1. The molecule has 2 aliphatic heterocycles. The Morgan fingerprint density at radius 1 is 1.23 bits per heavy atom. The van der Waals surface area contributed by atoms with Gasteiger partial charge in [0.05, 0.1) is 6.33 Å². The summed E-state index contributed by atoms with van der Waals surface area (Å²) in [6, 6.07) is 3.90. The second-order valence-corrected chi connectivity index (χ2v) is 7.50. The summed E-state index contributed by atoms with van der Waals surface area (Å²) in [4.78, 5) is 37.1. The Kier molecular flexibility index (Phi) is 4.22. The largest absolute Gasteiger partial charge is 0.340 e. The lowest BCUT2D eigenvalue weighted by Gasteiger charge is -2.38. The van der Waals surface area contributed by atoms with Crippen LogP contribution in [0.2, 0.25) is 0 Å². The summed E-state index contributed by atoms with van der Waals surface area (Å²) < 4.78 is 1.78. The zero-order valence-corrected chi connectivity index (χ0v) is 15.0. The molecule has 4 rings (SSSR count). The summed E-state index contributed by atoms with van der Waals surface area (Å²) in [6.07, 6.45) is 9.23. The van der Waals surface area contributed by atoms with E-state index in [0.717, 1.165) is 24.9 Å². The minimum absolute atomic E-state index is 0.00497. The molecule has 2 aliphatic rings. The van der Waals surface area contributed by atoms with Gasteiger partial charge in [-0.05, 0) is 30.5 Å². The molecule has 0 saturated carbocycles. The lowest BCUT2D eigenvalue weighted by molar-refractivity contribution is -0.128. The second-order valence-electron chi connectivity index (χ2n) is 7.50. The maximum absolute atomic E-state index is 12.6. The molecule has 2 aromatic rings. The van der Waals surface area contributed by atoms with Crippen molar-refractivity contribution in [3.63, 3.8) is 0 Å². The molecule has 0 N–H and O–H groups in total. The van der Waals surface area contributed by atoms with Gasteiger partial charge < -0.3 is 14.4 Å². The van der Waals surface area contributed by atoms with Crippen molar-refractivity contribution >= 4 is 11.8 Å². The summed E-state index contributed by atoms with van der Waals surface area (Å²) in [5.41, 5.74) is 1.60. The van der Waals surface area contributed by atoms with Gasteiger partial charge >= 0.3 is 0 Å². The molecule has 7 heteroatoms. The van der Waals surface area contributed by atoms with E-state index in [1.807, 2.05) is 29.0 Å². The molecular formula is C19H23N5O2. The number of aryl methyl sites for hydroxylation is 1. The highest BCUT2D eigenvalue weighted by molar-refractivity contribution is 5.92. The van der Waals surface area contributed by atoms with Crippen molar-refractivity contribution in [2.75, 3.05) is 19.6 Å². The van der Waals surface area contributed by atoms with E-state index < -0.39 is 0 Å². The number of amides is 2. The van der Waals surface area contributed by atoms with E-state index in [0.29, 0.717) is 31.7 Å². The smallest absolute Gasteiger partial charge is 0.274 e. The predicted molar refractivity (Wildman–Crippen MR) is 95.0 cm³/mol. The predicted octanol–water partition coefficient (Wildman–Crippen LogP) is 1.47. The van der Waals surface area contributed by atoms with Gasteiger partial charge in [0.25, 0.3) is 5.91 Å². The number of hydrogen-bond acceptors (Lipinski definition) is 4. The van der Waals surface area contributed by atoms with Crippen LogP contribution in [0.4, 0.5) is 0 Å². The molecule has 0 aliphatic carbocycles. The first-order chi connectivity index (χ1) is 12.5. The number of rotatable bonds is 3. The first-order valence-corrected chi connectivity index (χ1v) is 8.99. The van der Waals surface area contributed by atoms with Crippen LogP contribution in [0.25, 0.3) is 0 Å². The first-order valence-electron chi connectivity index (χ1n) is 8.99. The zero-order valence-electron chi connectivity index (χ0n) is 15.0. The highest BCUT2D eigenvalue weighted by Crippen LogP contribution is 2.41. The number of aromatic nitrogens is 3. The van der Waals surface area contributed by atoms with E-state index in [1.54, 1.807) is 29.5 Å². The monoisotopic (exact) mass is 353 g/mol. The minimum Gasteiger partial charge on any atom is -0.340 e. The lowest BCUT2D eigenvalue weighted by atomic mass is 9.77. The van der Waals surface area contributed by atoms with Gasteiger partial charge in [0.15, 0.2) is 0 Å². The average molecular weight is 353 g/mol. The fourth-order valence-corrected chi connectivity index (χ4v) is 4.04. The molecule has 2 amide bonds. The summed E-state index contributed by atoms with van der Waals surface area (Å²) in [7, 11) is 1.86. The van der Waals surface area contributed by atoms with Gasteiger partial charge in [-0.25, -0.2) is 4.98 Å². The molecule has 0 atom stereocenters. The Bertz CT molecular complexity index is 808. The van der Waals surface area contributed by atoms with Crippen molar-refractivity contribution in [3.8, 4) is 0 Å². The Labute approximate surface area is 152 Å². The molecule has 4 heterocycles. The van der Waals surface area contributed by atoms with Gasteiger partial charge in [-0.1, -0.05) is 0 Å². The molecule has 0 radical (unpaired) electrons. The van der Waals surface area contributed by atoms with Crippen molar-refractivity contribution < 1.29 is 9.59 Å². The van der Waals surface area contributed by atoms with E-state index in [9.17, 15) is 9.59 Å². The van der Waals surface area contributed by atoms with Gasteiger partial charge in [0, 0.05) is 63.7 Å². The third-order valence-corrected chi connectivity index (χ3v) is 5.56. The maximum atomic E-state index is 12.6. The Morgan fingerprint density at radius 2 is 1.96 bits per heavy atom. The van der Waals surface area contributed by atoms with Crippen molar-refractivity contribution in [1.82, 2.24) is 24.3 Å². The highest BCUT2D eigenvalue weighted by atomic mass is 16.2. The first kappa shape index (κ1) is 16.8. The van der Waals surface area contributed by atoms with Crippen molar-refractivity contribution in [3.05, 3.63) is 48.3 Å². The normalized spacial score (nSPS) is 19.3. The zero-order chi connectivity index (χ0) is 18.1. The molecule has 7 nitrogen and oxygen atoms in total. The van der Waals surface area contributed by atoms with Crippen molar-refractivity contribution in [1.29, 1.82) is 0 Å². The van der Waals surface area contributed by atoms with Crippen LogP contribution in [-0.4, -0.2) is 55.8 Å². The number of imidazole rings is 1. The molecular weight excluding hydrogens is 330 g/mol. The molecule has 1 spiro atoms. The van der Waals surface area contributed by atoms with E-state index >= 15 is 0 Å². The molecule has 2 saturated heterocycles. The number of carbonyl (C=O) groups is 2. The number of likely N-dealkylation sites (tertiary alicyclic amines) is 2. The molecule has 26 heavy (non-hydrogen) atoms. The van der Waals surface area contributed by atoms with E-state index in [1.165, 1.54) is 0 Å². The van der Waals surface area contributed by atoms with Gasteiger partial charge in [0.2, 0.25) is 5.91 Å². The van der Waals surface area contributed by atoms with E-state index in [4.69, 9.17) is 0 Å². The number of pyridine rings is 1. The Hall–Kier alpha value is -2.70. The van der Waals surface area contributed by atoms with Crippen LogP contribution in [0, 0.1) is 5.41 Å². The Balaban J connectivity index is 1.38. The molecule has 0 aromatic carbocycles. The summed E-state index contributed by atoms with van der Waals surface area (Å²) in [6.45, 7) is 2.79. The number of carbonyl (C=O) groups excluding carboxylic acids is 2. The summed E-state index contributed by atoms with van der Waals surface area (Å²) in [5, 5.41) is 0. The third-order valence-electron chi connectivity index (χ3n) is 5.56. The maximum Gasteiger partial charge on any atom is 0.274 e. The van der Waals surface area contributed by atoms with Crippen LogP contribution >= 0.6 is 0 Å². The fourth-order valence-electron chi connectivity index (χ4n) is 4.04. The third kappa shape index (κ3) is 3.21. The number of hydrogen-bond donors (Lipinski definition) is 0. The quantitative estimate of drug-likeness (QED) is 0.838. The van der Waals surface area contributed by atoms with Crippen LogP contribution in [0.3, 0.4) is 0 Å². The number of piperidine rings is 1. The van der Waals surface area contributed by atoms with Crippen molar-refractivity contribution in [2.24, 2.45) is 12.5 Å². The second kappa shape index (κ2) is 6.55. The van der Waals surface area contributed by atoms with Crippen molar-refractivity contribution in [2.45, 2.75) is 25.8 Å². The van der Waals surface area contributed by atoms with Gasteiger partial charge in [-0.2, -0.15) is 0 Å². The molecule has 2 fully saturated rings. The van der Waals surface area contributed by atoms with E-state index in [-0.39, 0.29) is 17.2 Å². The fraction of sp³-hybridized carbons (Fsp3) is 0.474. The van der Waals surface area contributed by atoms with Crippen LogP contribution in [0.1, 0.15) is 35.3 Å².